The highest BCUT2D eigenvalue weighted by Gasteiger charge is 2.23. The molecule has 2 heterocycles. The van der Waals surface area contributed by atoms with E-state index in [4.69, 9.17) is 10.7 Å². The van der Waals surface area contributed by atoms with Gasteiger partial charge in [0.15, 0.2) is 5.13 Å². The van der Waals surface area contributed by atoms with E-state index in [0.29, 0.717) is 6.04 Å². The lowest BCUT2D eigenvalue weighted by Crippen LogP contribution is -2.29. The van der Waals surface area contributed by atoms with Crippen LogP contribution in [0.25, 0.3) is 11.3 Å². The van der Waals surface area contributed by atoms with E-state index in [2.05, 4.69) is 29.6 Å². The molecule has 3 N–H and O–H groups in total. The molecule has 0 radical (unpaired) electrons. The Kier molecular flexibility index (Phi) is 4.60. The standard InChI is InChI=1S/C18H23N3S2/c19-11-12-5-7-13(8-6-12)20-18-21-17-14-3-1-2-4-15(14)22-10-9-16(17)23-18/h1-4,12-13H,5-11,19H2,(H,20,21). The third kappa shape index (κ3) is 3.28. The number of nitrogens with one attached hydrogen (secondary N) is 1. The van der Waals surface area contributed by atoms with Gasteiger partial charge in [-0.2, -0.15) is 0 Å². The zero-order valence-electron chi connectivity index (χ0n) is 13.3. The van der Waals surface area contributed by atoms with E-state index < -0.39 is 0 Å². The van der Waals surface area contributed by atoms with Gasteiger partial charge in [-0.25, -0.2) is 4.98 Å². The fourth-order valence-corrected chi connectivity index (χ4v) is 5.75. The topological polar surface area (TPSA) is 50.9 Å². The molecule has 1 saturated carbocycles. The van der Waals surface area contributed by atoms with Gasteiger partial charge in [-0.3, -0.25) is 0 Å². The summed E-state index contributed by atoms with van der Waals surface area (Å²) in [5.41, 5.74) is 8.30. The fourth-order valence-electron chi connectivity index (χ4n) is 3.55. The van der Waals surface area contributed by atoms with Crippen molar-refractivity contribution in [1.82, 2.24) is 4.98 Å². The summed E-state index contributed by atoms with van der Waals surface area (Å²) in [7, 11) is 0. The quantitative estimate of drug-likeness (QED) is 0.866. The molecule has 1 aliphatic carbocycles. The van der Waals surface area contributed by atoms with Crippen molar-refractivity contribution in [2.24, 2.45) is 11.7 Å². The number of hydrogen-bond acceptors (Lipinski definition) is 5. The van der Waals surface area contributed by atoms with Crippen molar-refractivity contribution in [2.75, 3.05) is 17.6 Å². The Morgan fingerprint density at radius 2 is 2.00 bits per heavy atom. The number of aryl methyl sites for hydroxylation is 1. The molecular weight excluding hydrogens is 322 g/mol. The summed E-state index contributed by atoms with van der Waals surface area (Å²) in [6, 6.07) is 9.24. The minimum absolute atomic E-state index is 0.567. The van der Waals surface area contributed by atoms with Gasteiger partial charge in [0, 0.05) is 27.1 Å². The predicted molar refractivity (Wildman–Crippen MR) is 100 cm³/mol. The maximum absolute atomic E-state index is 5.79. The van der Waals surface area contributed by atoms with Crippen molar-refractivity contribution in [1.29, 1.82) is 0 Å². The average Bonchev–Trinajstić information content (AvgIpc) is 2.90. The molecule has 4 rings (SSSR count). The van der Waals surface area contributed by atoms with Crippen LogP contribution in [-0.4, -0.2) is 23.3 Å². The van der Waals surface area contributed by atoms with Crippen LogP contribution in [0.1, 0.15) is 30.6 Å². The van der Waals surface area contributed by atoms with Gasteiger partial charge in [0.2, 0.25) is 0 Å². The number of rotatable bonds is 3. The Bertz CT molecular complexity index is 675. The number of fused-ring (bicyclic) bond motifs is 3. The van der Waals surface area contributed by atoms with Crippen LogP contribution < -0.4 is 11.1 Å². The van der Waals surface area contributed by atoms with Gasteiger partial charge in [0.1, 0.15) is 0 Å². The molecule has 5 heteroatoms. The number of thioether (sulfide) groups is 1. The first-order valence-corrected chi connectivity index (χ1v) is 10.3. The predicted octanol–water partition coefficient (Wildman–Crippen LogP) is 4.39. The Labute approximate surface area is 146 Å². The molecular formula is C18H23N3S2. The molecule has 1 aromatic heterocycles. The van der Waals surface area contributed by atoms with E-state index in [1.807, 2.05) is 23.1 Å². The molecule has 0 saturated heterocycles. The number of nitrogens with two attached hydrogens (primary N) is 1. The zero-order valence-corrected chi connectivity index (χ0v) is 14.9. The van der Waals surface area contributed by atoms with Gasteiger partial charge >= 0.3 is 0 Å². The highest BCUT2D eigenvalue weighted by Crippen LogP contribution is 2.41. The number of nitrogens with zero attached hydrogens (tertiary/aromatic N) is 1. The first kappa shape index (κ1) is 15.5. The summed E-state index contributed by atoms with van der Waals surface area (Å²) in [5.74, 6) is 1.87. The van der Waals surface area contributed by atoms with Crippen LogP contribution in [0.4, 0.5) is 5.13 Å². The number of hydrogen-bond donors (Lipinski definition) is 2. The third-order valence-electron chi connectivity index (χ3n) is 4.93. The van der Waals surface area contributed by atoms with E-state index in [1.54, 1.807) is 0 Å². The van der Waals surface area contributed by atoms with Gasteiger partial charge in [0.25, 0.3) is 0 Å². The van der Waals surface area contributed by atoms with Crippen LogP contribution in [0.15, 0.2) is 29.2 Å². The summed E-state index contributed by atoms with van der Waals surface area (Å²) in [4.78, 5) is 7.75. The SMILES string of the molecule is NCC1CCC(Nc2nc3c(s2)CCSc2ccccc2-3)CC1. The molecule has 0 unspecified atom stereocenters. The van der Waals surface area contributed by atoms with E-state index in [0.717, 1.165) is 29.8 Å². The molecule has 2 aliphatic rings. The first-order chi connectivity index (χ1) is 11.3. The molecule has 1 aliphatic heterocycles. The molecule has 0 bridgehead atoms. The number of benzene rings is 1. The highest BCUT2D eigenvalue weighted by atomic mass is 32.2. The molecule has 0 amide bonds. The Hall–Kier alpha value is -1.04. The van der Waals surface area contributed by atoms with Crippen LogP contribution in [0, 0.1) is 5.92 Å². The Morgan fingerprint density at radius 3 is 2.83 bits per heavy atom. The lowest BCUT2D eigenvalue weighted by Gasteiger charge is -2.28. The lowest BCUT2D eigenvalue weighted by atomic mass is 9.86. The minimum Gasteiger partial charge on any atom is -0.359 e. The molecule has 2 aromatic rings. The Morgan fingerprint density at radius 1 is 1.17 bits per heavy atom. The zero-order chi connectivity index (χ0) is 15.6. The largest absolute Gasteiger partial charge is 0.359 e. The summed E-state index contributed by atoms with van der Waals surface area (Å²) >= 11 is 3.80. The number of thiazole rings is 1. The average molecular weight is 346 g/mol. The fraction of sp³-hybridized carbons (Fsp3) is 0.500. The van der Waals surface area contributed by atoms with Crippen LogP contribution in [0.5, 0.6) is 0 Å². The molecule has 0 atom stereocenters. The number of aromatic nitrogens is 1. The Balaban J connectivity index is 1.53. The second-order valence-electron chi connectivity index (χ2n) is 6.48. The second-order valence-corrected chi connectivity index (χ2v) is 8.70. The summed E-state index contributed by atoms with van der Waals surface area (Å²) in [5, 5.41) is 4.80. The van der Waals surface area contributed by atoms with Crippen LogP contribution in [0.3, 0.4) is 0 Å². The van der Waals surface area contributed by atoms with E-state index in [-0.39, 0.29) is 0 Å². The van der Waals surface area contributed by atoms with Crippen molar-refractivity contribution in [2.45, 2.75) is 43.0 Å². The van der Waals surface area contributed by atoms with E-state index in [9.17, 15) is 0 Å². The van der Waals surface area contributed by atoms with E-state index in [1.165, 1.54) is 46.7 Å². The van der Waals surface area contributed by atoms with Gasteiger partial charge < -0.3 is 11.1 Å². The van der Waals surface area contributed by atoms with Crippen molar-refractivity contribution < 1.29 is 0 Å². The normalized spacial score (nSPS) is 23.7. The molecule has 3 nitrogen and oxygen atoms in total. The van der Waals surface area contributed by atoms with Gasteiger partial charge in [0.05, 0.1) is 5.69 Å². The third-order valence-corrected chi connectivity index (χ3v) is 7.06. The minimum atomic E-state index is 0.567. The summed E-state index contributed by atoms with van der Waals surface area (Å²) in [6.45, 7) is 0.840. The monoisotopic (exact) mass is 345 g/mol. The maximum atomic E-state index is 5.79. The van der Waals surface area contributed by atoms with Crippen LogP contribution in [-0.2, 0) is 6.42 Å². The summed E-state index contributed by atoms with van der Waals surface area (Å²) < 4.78 is 0. The number of anilines is 1. The summed E-state index contributed by atoms with van der Waals surface area (Å²) in [6.07, 6.45) is 6.06. The molecule has 0 spiro atoms. The van der Waals surface area contributed by atoms with Gasteiger partial charge in [-0.1, -0.05) is 18.2 Å². The second kappa shape index (κ2) is 6.83. The lowest BCUT2D eigenvalue weighted by molar-refractivity contribution is 0.345. The van der Waals surface area contributed by atoms with Crippen molar-refractivity contribution >= 4 is 28.2 Å². The molecule has 1 aromatic carbocycles. The highest BCUT2D eigenvalue weighted by molar-refractivity contribution is 7.99. The molecule has 122 valence electrons. The molecule has 1 fully saturated rings. The first-order valence-electron chi connectivity index (χ1n) is 8.52. The van der Waals surface area contributed by atoms with Gasteiger partial charge in [-0.15, -0.1) is 23.1 Å². The van der Waals surface area contributed by atoms with Crippen LogP contribution in [0.2, 0.25) is 0 Å². The maximum Gasteiger partial charge on any atom is 0.183 e. The van der Waals surface area contributed by atoms with Crippen molar-refractivity contribution in [3.63, 3.8) is 0 Å². The molecule has 23 heavy (non-hydrogen) atoms. The van der Waals surface area contributed by atoms with Crippen LogP contribution >= 0.6 is 23.1 Å². The van der Waals surface area contributed by atoms with Crippen molar-refractivity contribution in [3.8, 4) is 11.3 Å². The van der Waals surface area contributed by atoms with E-state index >= 15 is 0 Å². The van der Waals surface area contributed by atoms with Gasteiger partial charge in [-0.05, 0) is 50.6 Å². The smallest absolute Gasteiger partial charge is 0.183 e. The van der Waals surface area contributed by atoms with Crippen molar-refractivity contribution in [3.05, 3.63) is 29.1 Å².